The molecular weight excluding hydrogens is 368 g/mol. The van der Waals surface area contributed by atoms with Gasteiger partial charge in [-0.15, -0.1) is 0 Å². The Balaban J connectivity index is 1.67. The van der Waals surface area contributed by atoms with Crippen LogP contribution in [0.2, 0.25) is 0 Å². The van der Waals surface area contributed by atoms with Gasteiger partial charge in [0.2, 0.25) is 5.91 Å². The monoisotopic (exact) mass is 396 g/mol. The Morgan fingerprint density at radius 1 is 1.26 bits per heavy atom. The topological polar surface area (TPSA) is 84.9 Å². The van der Waals surface area contributed by atoms with Crippen LogP contribution < -0.4 is 14.8 Å². The Kier molecular flexibility index (Phi) is 6.59. The maximum atomic E-state index is 12.7. The molecule has 1 N–H and O–H groups in total. The first kappa shape index (κ1) is 19.9. The van der Waals surface area contributed by atoms with E-state index in [0.29, 0.717) is 31.3 Å². The van der Waals surface area contributed by atoms with Crippen molar-refractivity contribution in [3.05, 3.63) is 18.2 Å². The fraction of sp³-hybridized carbons (Fsp3) is 0.632. The van der Waals surface area contributed by atoms with Gasteiger partial charge in [0.1, 0.15) is 0 Å². The molecule has 1 aromatic rings. The summed E-state index contributed by atoms with van der Waals surface area (Å²) in [5.41, 5.74) is 0. The summed E-state index contributed by atoms with van der Waals surface area (Å²) in [5.74, 6) is 0.713. The third-order valence-electron chi connectivity index (χ3n) is 4.92. The molecule has 0 saturated carbocycles. The van der Waals surface area contributed by atoms with Gasteiger partial charge in [-0.05, 0) is 31.5 Å². The van der Waals surface area contributed by atoms with Gasteiger partial charge in [0.05, 0.1) is 23.9 Å². The van der Waals surface area contributed by atoms with E-state index in [-0.39, 0.29) is 29.0 Å². The van der Waals surface area contributed by atoms with E-state index in [9.17, 15) is 13.2 Å². The molecule has 0 aromatic heterocycles. The second kappa shape index (κ2) is 8.93. The van der Waals surface area contributed by atoms with Crippen LogP contribution in [0.25, 0.3) is 0 Å². The number of fused-ring (bicyclic) bond motifs is 1. The number of hydrogen-bond donors (Lipinski definition) is 1. The molecule has 150 valence electrons. The summed E-state index contributed by atoms with van der Waals surface area (Å²) in [7, 11) is -3.57. The fourth-order valence-corrected chi connectivity index (χ4v) is 4.72. The lowest BCUT2D eigenvalue weighted by Crippen LogP contribution is -2.42. The highest BCUT2D eigenvalue weighted by molar-refractivity contribution is 7.91. The number of carbonyl (C=O) groups is 1. The quantitative estimate of drug-likeness (QED) is 0.754. The zero-order chi connectivity index (χ0) is 19.3. The lowest BCUT2D eigenvalue weighted by Gasteiger charge is -2.28. The molecule has 1 amide bonds. The average molecular weight is 397 g/mol. The molecule has 1 fully saturated rings. The van der Waals surface area contributed by atoms with E-state index >= 15 is 0 Å². The summed E-state index contributed by atoms with van der Waals surface area (Å²) < 4.78 is 36.6. The van der Waals surface area contributed by atoms with E-state index in [1.165, 1.54) is 12.1 Å². The average Bonchev–Trinajstić information content (AvgIpc) is 3.08. The summed E-state index contributed by atoms with van der Waals surface area (Å²) in [6.07, 6.45) is 2.53. The van der Waals surface area contributed by atoms with Crippen molar-refractivity contribution in [2.75, 3.05) is 38.6 Å². The number of nitrogens with zero attached hydrogens (tertiary/aromatic N) is 1. The van der Waals surface area contributed by atoms with Crippen LogP contribution >= 0.6 is 0 Å². The number of hydrogen-bond acceptors (Lipinski definition) is 6. The molecule has 1 atom stereocenters. The number of nitrogens with one attached hydrogen (secondary N) is 1. The van der Waals surface area contributed by atoms with Crippen LogP contribution in [0.1, 0.15) is 32.6 Å². The van der Waals surface area contributed by atoms with Gasteiger partial charge < -0.3 is 19.7 Å². The number of ether oxygens (including phenoxy) is 2. The third kappa shape index (κ3) is 4.93. The van der Waals surface area contributed by atoms with Crippen LogP contribution in [0.3, 0.4) is 0 Å². The van der Waals surface area contributed by atoms with E-state index in [1.54, 1.807) is 6.07 Å². The second-order valence-electron chi connectivity index (χ2n) is 6.96. The van der Waals surface area contributed by atoms with Crippen LogP contribution in [-0.2, 0) is 14.6 Å². The predicted octanol–water partition coefficient (Wildman–Crippen LogP) is 1.61. The minimum Gasteiger partial charge on any atom is -0.490 e. The minimum atomic E-state index is -3.57. The van der Waals surface area contributed by atoms with Gasteiger partial charge in [0, 0.05) is 38.0 Å². The van der Waals surface area contributed by atoms with Crippen LogP contribution in [0.15, 0.2) is 23.1 Å². The summed E-state index contributed by atoms with van der Waals surface area (Å²) in [5, 5.41) is 3.26. The molecule has 1 saturated heterocycles. The van der Waals surface area contributed by atoms with Crippen molar-refractivity contribution < 1.29 is 22.7 Å². The Morgan fingerprint density at radius 3 is 2.74 bits per heavy atom. The van der Waals surface area contributed by atoms with Gasteiger partial charge in [-0.25, -0.2) is 8.42 Å². The number of carbonyl (C=O) groups excluding carboxylic acids is 1. The van der Waals surface area contributed by atoms with Gasteiger partial charge in [-0.2, -0.15) is 0 Å². The molecule has 0 bridgehead atoms. The SMILES string of the molecule is CCCN(C(=O)CCS(=O)(=O)c1ccc2c(c1)OCCCO2)C1CCNC1. The molecule has 0 aliphatic carbocycles. The molecule has 27 heavy (non-hydrogen) atoms. The zero-order valence-corrected chi connectivity index (χ0v) is 16.6. The summed E-state index contributed by atoms with van der Waals surface area (Å²) in [6, 6.07) is 4.82. The van der Waals surface area contributed by atoms with Crippen molar-refractivity contribution in [2.24, 2.45) is 0 Å². The van der Waals surface area contributed by atoms with E-state index in [2.05, 4.69) is 5.32 Å². The maximum absolute atomic E-state index is 12.7. The lowest BCUT2D eigenvalue weighted by molar-refractivity contribution is -0.132. The lowest BCUT2D eigenvalue weighted by atomic mass is 10.2. The smallest absolute Gasteiger partial charge is 0.223 e. The molecular formula is C19H28N2O5S. The number of benzene rings is 1. The van der Waals surface area contributed by atoms with Crippen molar-refractivity contribution in [2.45, 2.75) is 43.5 Å². The summed E-state index contributed by atoms with van der Waals surface area (Å²) >= 11 is 0. The van der Waals surface area contributed by atoms with Gasteiger partial charge in [0.15, 0.2) is 21.3 Å². The first-order valence-corrected chi connectivity index (χ1v) is 11.3. The van der Waals surface area contributed by atoms with E-state index in [1.807, 2.05) is 11.8 Å². The van der Waals surface area contributed by atoms with Crippen molar-refractivity contribution in [3.63, 3.8) is 0 Å². The van der Waals surface area contributed by atoms with E-state index in [0.717, 1.165) is 32.4 Å². The first-order valence-electron chi connectivity index (χ1n) is 9.64. The third-order valence-corrected chi connectivity index (χ3v) is 6.64. The van der Waals surface area contributed by atoms with Gasteiger partial charge in [-0.3, -0.25) is 4.79 Å². The molecule has 1 unspecified atom stereocenters. The maximum Gasteiger partial charge on any atom is 0.223 e. The summed E-state index contributed by atoms with van der Waals surface area (Å²) in [4.78, 5) is 14.7. The number of sulfone groups is 1. The van der Waals surface area contributed by atoms with E-state index in [4.69, 9.17) is 9.47 Å². The summed E-state index contributed by atoms with van der Waals surface area (Å²) in [6.45, 7) is 5.41. The molecule has 2 aliphatic heterocycles. The molecule has 7 nitrogen and oxygen atoms in total. The molecule has 1 aromatic carbocycles. The van der Waals surface area contributed by atoms with Crippen molar-refractivity contribution in [1.29, 1.82) is 0 Å². The molecule has 2 heterocycles. The number of rotatable bonds is 7. The standard InChI is InChI=1S/C19H28N2O5S/c1-2-9-21(15-6-8-20-14-15)19(22)7-12-27(23,24)16-4-5-17-18(13-16)26-11-3-10-25-17/h4-5,13,15,20H,2-3,6-12,14H2,1H3. The highest BCUT2D eigenvalue weighted by Crippen LogP contribution is 2.32. The first-order chi connectivity index (χ1) is 13.0. The van der Waals surface area contributed by atoms with Gasteiger partial charge >= 0.3 is 0 Å². The molecule has 2 aliphatic rings. The fourth-order valence-electron chi connectivity index (χ4n) is 3.48. The Labute approximate surface area is 160 Å². The Bertz CT molecular complexity index is 759. The highest BCUT2D eigenvalue weighted by Gasteiger charge is 2.27. The van der Waals surface area contributed by atoms with Crippen molar-refractivity contribution in [1.82, 2.24) is 10.2 Å². The van der Waals surface area contributed by atoms with Gasteiger partial charge in [0.25, 0.3) is 0 Å². The molecule has 3 rings (SSSR count). The van der Waals surface area contributed by atoms with Crippen molar-refractivity contribution >= 4 is 15.7 Å². The van der Waals surface area contributed by atoms with Crippen LogP contribution in [0.4, 0.5) is 0 Å². The van der Waals surface area contributed by atoms with Gasteiger partial charge in [-0.1, -0.05) is 6.92 Å². The number of amides is 1. The zero-order valence-electron chi connectivity index (χ0n) is 15.8. The molecule has 8 heteroatoms. The Hall–Kier alpha value is -1.80. The molecule has 0 radical (unpaired) electrons. The van der Waals surface area contributed by atoms with E-state index < -0.39 is 9.84 Å². The van der Waals surface area contributed by atoms with Crippen LogP contribution in [0.5, 0.6) is 11.5 Å². The van der Waals surface area contributed by atoms with Crippen molar-refractivity contribution in [3.8, 4) is 11.5 Å². The Morgan fingerprint density at radius 2 is 2.04 bits per heavy atom. The normalized spacial score (nSPS) is 19.5. The predicted molar refractivity (Wildman–Crippen MR) is 102 cm³/mol. The highest BCUT2D eigenvalue weighted by atomic mass is 32.2. The van der Waals surface area contributed by atoms with Crippen LogP contribution in [0, 0.1) is 0 Å². The minimum absolute atomic E-state index is 0.00667. The molecule has 0 spiro atoms. The second-order valence-corrected chi connectivity index (χ2v) is 9.07. The largest absolute Gasteiger partial charge is 0.490 e. The van der Waals surface area contributed by atoms with Crippen LogP contribution in [-0.4, -0.2) is 63.9 Å².